The van der Waals surface area contributed by atoms with E-state index in [1.54, 1.807) is 18.2 Å². The summed E-state index contributed by atoms with van der Waals surface area (Å²) in [7, 11) is -1.99. The number of aryl methyl sites for hydroxylation is 1. The Morgan fingerprint density at radius 2 is 1.93 bits per heavy atom. The molecule has 0 spiro atoms. The standard InChI is InChI=1S/C30H30FN5O3S/c1-17-28(18(2)36(34-17)16-19-6-5-7-22(31)12-19)25-15-32-30-24(25)14-23(29(33-30)20-8-9-20)21-10-11-27(39-3)26(13-21)35-40(4,37)38/h5-7,10-15,20,35H,8-9,16H2,1-4H3,(H,32,33). The number of aromatic nitrogens is 4. The van der Waals surface area contributed by atoms with Crippen molar-refractivity contribution in [3.63, 3.8) is 0 Å². The number of aromatic amines is 1. The molecule has 3 aromatic heterocycles. The highest BCUT2D eigenvalue weighted by molar-refractivity contribution is 7.92. The van der Waals surface area contributed by atoms with Gasteiger partial charge in [0.2, 0.25) is 10.0 Å². The molecule has 0 aliphatic heterocycles. The second kappa shape index (κ2) is 9.78. The number of benzene rings is 2. The lowest BCUT2D eigenvalue weighted by atomic mass is 9.97. The van der Waals surface area contributed by atoms with Gasteiger partial charge in [0.05, 0.1) is 37.0 Å². The second-order valence-electron chi connectivity index (χ2n) is 10.4. The molecule has 1 fully saturated rings. The summed E-state index contributed by atoms with van der Waals surface area (Å²) in [5.41, 5.74) is 8.63. The fourth-order valence-electron chi connectivity index (χ4n) is 5.37. The van der Waals surface area contributed by atoms with E-state index in [1.807, 2.05) is 36.9 Å². The van der Waals surface area contributed by atoms with Crippen molar-refractivity contribution >= 4 is 26.7 Å². The number of methoxy groups -OCH3 is 1. The molecule has 5 aromatic rings. The third-order valence-corrected chi connectivity index (χ3v) is 7.93. The maximum Gasteiger partial charge on any atom is 0.229 e. The molecule has 2 N–H and O–H groups in total. The van der Waals surface area contributed by atoms with Crippen LogP contribution < -0.4 is 9.46 Å². The van der Waals surface area contributed by atoms with Crippen LogP contribution in [0.5, 0.6) is 5.75 Å². The first-order valence-electron chi connectivity index (χ1n) is 13.1. The number of H-pyrrole nitrogens is 1. The lowest BCUT2D eigenvalue weighted by molar-refractivity contribution is 0.417. The summed E-state index contributed by atoms with van der Waals surface area (Å²) in [6.45, 7) is 4.46. The molecule has 0 bridgehead atoms. The van der Waals surface area contributed by atoms with Crippen LogP contribution in [0.3, 0.4) is 0 Å². The first-order chi connectivity index (χ1) is 19.1. The van der Waals surface area contributed by atoms with E-state index in [0.717, 1.165) is 75.0 Å². The largest absolute Gasteiger partial charge is 0.495 e. The zero-order valence-electron chi connectivity index (χ0n) is 22.7. The lowest BCUT2D eigenvalue weighted by Crippen LogP contribution is -2.10. The number of ether oxygens (including phenoxy) is 1. The average molecular weight is 560 g/mol. The summed E-state index contributed by atoms with van der Waals surface area (Å²) >= 11 is 0. The number of hydrogen-bond donors (Lipinski definition) is 2. The topological polar surface area (TPSA) is 102 Å². The van der Waals surface area contributed by atoms with E-state index in [4.69, 9.17) is 14.8 Å². The van der Waals surface area contributed by atoms with Crippen molar-refractivity contribution in [2.75, 3.05) is 18.1 Å². The zero-order chi connectivity index (χ0) is 28.2. The summed E-state index contributed by atoms with van der Waals surface area (Å²) < 4.78 is 47.7. The van der Waals surface area contributed by atoms with Gasteiger partial charge >= 0.3 is 0 Å². The summed E-state index contributed by atoms with van der Waals surface area (Å²) in [4.78, 5) is 8.42. The summed E-state index contributed by atoms with van der Waals surface area (Å²) in [6.07, 6.45) is 5.21. The quantitative estimate of drug-likeness (QED) is 0.237. The zero-order valence-corrected chi connectivity index (χ0v) is 23.6. The number of fused-ring (bicyclic) bond motifs is 1. The first-order valence-corrected chi connectivity index (χ1v) is 15.0. The van der Waals surface area contributed by atoms with Crippen molar-refractivity contribution in [3.8, 4) is 28.0 Å². The van der Waals surface area contributed by atoms with Gasteiger partial charge in [0.1, 0.15) is 17.2 Å². The third-order valence-electron chi connectivity index (χ3n) is 7.34. The van der Waals surface area contributed by atoms with Crippen molar-refractivity contribution in [1.82, 2.24) is 19.7 Å². The minimum absolute atomic E-state index is 0.269. The minimum atomic E-state index is -3.50. The van der Waals surface area contributed by atoms with E-state index in [2.05, 4.69) is 15.8 Å². The molecule has 0 atom stereocenters. The Hall–Kier alpha value is -4.18. The molecule has 1 aliphatic rings. The van der Waals surface area contributed by atoms with E-state index in [1.165, 1.54) is 19.2 Å². The maximum absolute atomic E-state index is 13.8. The van der Waals surface area contributed by atoms with Crippen molar-refractivity contribution in [2.24, 2.45) is 0 Å². The Balaban J connectivity index is 1.47. The predicted molar refractivity (Wildman–Crippen MR) is 155 cm³/mol. The number of rotatable bonds is 8. The number of hydrogen-bond acceptors (Lipinski definition) is 5. The fraction of sp³-hybridized carbons (Fsp3) is 0.267. The smallest absolute Gasteiger partial charge is 0.229 e. The van der Waals surface area contributed by atoms with Crippen molar-refractivity contribution in [2.45, 2.75) is 39.2 Å². The highest BCUT2D eigenvalue weighted by Crippen LogP contribution is 2.46. The van der Waals surface area contributed by atoms with Crippen LogP contribution in [-0.2, 0) is 16.6 Å². The van der Waals surface area contributed by atoms with Crippen LogP contribution in [0.4, 0.5) is 10.1 Å². The van der Waals surface area contributed by atoms with Gasteiger partial charge in [-0.15, -0.1) is 0 Å². The van der Waals surface area contributed by atoms with Crippen LogP contribution in [0.2, 0.25) is 0 Å². The normalized spacial score (nSPS) is 13.6. The molecule has 8 nitrogen and oxygen atoms in total. The Morgan fingerprint density at radius 1 is 1.12 bits per heavy atom. The highest BCUT2D eigenvalue weighted by atomic mass is 32.2. The summed E-state index contributed by atoms with van der Waals surface area (Å²) in [5, 5.41) is 5.73. The fourth-order valence-corrected chi connectivity index (χ4v) is 5.93. The molecule has 0 unspecified atom stereocenters. The van der Waals surface area contributed by atoms with Gasteiger partial charge < -0.3 is 9.72 Å². The lowest BCUT2D eigenvalue weighted by Gasteiger charge is -2.14. The Labute approximate surface area is 232 Å². The van der Waals surface area contributed by atoms with E-state index in [9.17, 15) is 12.8 Å². The third kappa shape index (κ3) is 4.95. The molecule has 0 radical (unpaired) electrons. The van der Waals surface area contributed by atoms with Gasteiger partial charge in [-0.3, -0.25) is 9.40 Å². The second-order valence-corrected chi connectivity index (χ2v) is 12.2. The Kier molecular flexibility index (Phi) is 6.37. The van der Waals surface area contributed by atoms with Crippen molar-refractivity contribution < 1.29 is 17.5 Å². The Bertz CT molecular complexity index is 1870. The number of sulfonamides is 1. The van der Waals surface area contributed by atoms with E-state index in [-0.39, 0.29) is 5.82 Å². The Morgan fingerprint density at radius 3 is 2.62 bits per heavy atom. The van der Waals surface area contributed by atoms with Crippen molar-refractivity contribution in [3.05, 3.63) is 83.2 Å². The predicted octanol–water partition coefficient (Wildman–Crippen LogP) is 6.16. The average Bonchev–Trinajstić information content (AvgIpc) is 3.61. The van der Waals surface area contributed by atoms with E-state index < -0.39 is 10.0 Å². The van der Waals surface area contributed by atoms with Gasteiger partial charge in [-0.2, -0.15) is 5.10 Å². The molecule has 1 aliphatic carbocycles. The molecule has 40 heavy (non-hydrogen) atoms. The van der Waals surface area contributed by atoms with Crippen molar-refractivity contribution in [1.29, 1.82) is 0 Å². The van der Waals surface area contributed by atoms with Crippen LogP contribution in [0.15, 0.2) is 54.7 Å². The molecule has 10 heteroatoms. The molecule has 0 amide bonds. The number of pyridine rings is 1. The van der Waals surface area contributed by atoms with Crippen LogP contribution in [0.1, 0.15) is 41.4 Å². The molecule has 3 heterocycles. The first kappa shape index (κ1) is 26.1. The molecule has 2 aromatic carbocycles. The van der Waals surface area contributed by atoms with Crippen LogP contribution in [0.25, 0.3) is 33.3 Å². The monoisotopic (exact) mass is 559 g/mol. The minimum Gasteiger partial charge on any atom is -0.495 e. The summed E-state index contributed by atoms with van der Waals surface area (Å²) in [5.74, 6) is 0.530. The molecule has 206 valence electrons. The number of nitrogens with zero attached hydrogens (tertiary/aromatic N) is 3. The highest BCUT2D eigenvalue weighted by Gasteiger charge is 2.30. The van der Waals surface area contributed by atoms with E-state index in [0.29, 0.717) is 23.9 Å². The van der Waals surface area contributed by atoms with Crippen LogP contribution in [0, 0.1) is 19.7 Å². The van der Waals surface area contributed by atoms with Gasteiger partial charge in [-0.1, -0.05) is 18.2 Å². The molecular weight excluding hydrogens is 529 g/mol. The molecule has 1 saturated carbocycles. The van der Waals surface area contributed by atoms with Gasteiger partial charge in [-0.05, 0) is 68.1 Å². The number of anilines is 1. The molecular formula is C30H30FN5O3S. The number of halogens is 1. The molecule has 6 rings (SSSR count). The van der Waals surface area contributed by atoms with E-state index >= 15 is 0 Å². The molecule has 0 saturated heterocycles. The maximum atomic E-state index is 13.8. The van der Waals surface area contributed by atoms with Gasteiger partial charge in [0.25, 0.3) is 0 Å². The summed E-state index contributed by atoms with van der Waals surface area (Å²) in [6, 6.07) is 14.2. The van der Waals surface area contributed by atoms with Gasteiger partial charge in [0, 0.05) is 39.9 Å². The van der Waals surface area contributed by atoms with Gasteiger partial charge in [-0.25, -0.2) is 17.8 Å². The van der Waals surface area contributed by atoms with Gasteiger partial charge in [0.15, 0.2) is 0 Å². The number of nitrogens with one attached hydrogen (secondary N) is 2. The van der Waals surface area contributed by atoms with Crippen LogP contribution in [-0.4, -0.2) is 41.5 Å². The van der Waals surface area contributed by atoms with Crippen LogP contribution >= 0.6 is 0 Å². The SMILES string of the molecule is COc1ccc(-c2cc3c(-c4c(C)nn(Cc5cccc(F)c5)c4C)c[nH]c3nc2C2CC2)cc1NS(C)(=O)=O.